The van der Waals surface area contributed by atoms with E-state index in [1.54, 1.807) is 31.1 Å². The number of fused-ring (bicyclic) bond motifs is 1. The molecule has 1 N–H and O–H groups in total. The molecule has 0 saturated carbocycles. The van der Waals surface area contributed by atoms with Crippen LogP contribution in [0, 0.1) is 6.92 Å². The van der Waals surface area contributed by atoms with Gasteiger partial charge in [-0.25, -0.2) is 14.8 Å². The zero-order valence-corrected chi connectivity index (χ0v) is 18.8. The van der Waals surface area contributed by atoms with Crippen LogP contribution in [0.5, 0.6) is 11.5 Å². The van der Waals surface area contributed by atoms with Crippen molar-refractivity contribution in [2.24, 2.45) is 0 Å². The van der Waals surface area contributed by atoms with Gasteiger partial charge in [-0.15, -0.1) is 0 Å². The molecule has 0 spiro atoms. The largest absolute Gasteiger partial charge is 0.493 e. The van der Waals surface area contributed by atoms with E-state index in [4.69, 9.17) is 9.47 Å². The second-order valence-electron chi connectivity index (χ2n) is 7.75. The number of amides is 2. The lowest BCUT2D eigenvalue weighted by Crippen LogP contribution is -2.38. The molecule has 2 amide bonds. The molecule has 0 unspecified atom stereocenters. The fourth-order valence-electron chi connectivity index (χ4n) is 3.73. The maximum absolute atomic E-state index is 13.1. The van der Waals surface area contributed by atoms with Crippen molar-refractivity contribution in [2.75, 3.05) is 31.5 Å². The molecule has 0 radical (unpaired) electrons. The van der Waals surface area contributed by atoms with Gasteiger partial charge in [0.05, 0.1) is 33.0 Å². The zero-order chi connectivity index (χ0) is 22.7. The molecular formula is C24H27N5O3. The summed E-state index contributed by atoms with van der Waals surface area (Å²) in [6.45, 7) is 3.37. The van der Waals surface area contributed by atoms with Crippen molar-refractivity contribution in [1.82, 2.24) is 14.9 Å². The molecule has 1 aliphatic heterocycles. The molecule has 0 atom stereocenters. The molecule has 1 aliphatic rings. The Bertz CT molecular complexity index is 1120. The molecule has 2 aromatic carbocycles. The van der Waals surface area contributed by atoms with Gasteiger partial charge in [-0.1, -0.05) is 23.8 Å². The van der Waals surface area contributed by atoms with Crippen LogP contribution in [0.4, 0.5) is 16.3 Å². The van der Waals surface area contributed by atoms with Crippen LogP contribution >= 0.6 is 0 Å². The molecule has 8 heteroatoms. The topological polar surface area (TPSA) is 79.8 Å². The van der Waals surface area contributed by atoms with Crippen LogP contribution < -0.4 is 19.7 Å². The molecule has 0 saturated heterocycles. The number of rotatable bonds is 6. The Morgan fingerprint density at radius 2 is 1.75 bits per heavy atom. The van der Waals surface area contributed by atoms with E-state index in [9.17, 15) is 4.79 Å². The third kappa shape index (κ3) is 4.30. The molecule has 32 heavy (non-hydrogen) atoms. The number of ether oxygens (including phenoxy) is 2. The first-order chi connectivity index (χ1) is 15.5. The lowest BCUT2D eigenvalue weighted by Gasteiger charge is -2.25. The number of nitrogens with one attached hydrogen (secondary N) is 1. The fraction of sp³-hybridized carbons (Fsp3) is 0.292. The normalized spacial score (nSPS) is 13.4. The van der Waals surface area contributed by atoms with E-state index in [0.717, 1.165) is 28.1 Å². The lowest BCUT2D eigenvalue weighted by molar-refractivity contribution is 0.214. The summed E-state index contributed by atoms with van der Waals surface area (Å²) in [6.07, 6.45) is 1.54. The van der Waals surface area contributed by atoms with Crippen molar-refractivity contribution in [1.29, 1.82) is 0 Å². The number of carbonyl (C=O) groups excluding carboxylic acids is 1. The van der Waals surface area contributed by atoms with Gasteiger partial charge in [0.2, 0.25) is 0 Å². The van der Waals surface area contributed by atoms with Gasteiger partial charge in [0.15, 0.2) is 11.5 Å². The van der Waals surface area contributed by atoms with Gasteiger partial charge in [0.1, 0.15) is 12.1 Å². The van der Waals surface area contributed by atoms with Gasteiger partial charge < -0.3 is 19.7 Å². The molecule has 0 aliphatic carbocycles. The Kier molecular flexibility index (Phi) is 6.11. The van der Waals surface area contributed by atoms with Crippen LogP contribution in [0.15, 0.2) is 48.8 Å². The number of urea groups is 1. The van der Waals surface area contributed by atoms with Crippen LogP contribution in [0.1, 0.15) is 22.4 Å². The smallest absolute Gasteiger partial charge is 0.324 e. The SMILES string of the molecule is COc1ccc(CNc2ncnc3c2CN(c2ccc(C)cc2)C(=O)N(C)C3)cc1OC. The number of methoxy groups -OCH3 is 2. The number of anilines is 2. The van der Waals surface area contributed by atoms with E-state index in [1.165, 1.54) is 6.33 Å². The maximum Gasteiger partial charge on any atom is 0.324 e. The predicted octanol–water partition coefficient (Wildman–Crippen LogP) is 3.99. The first-order valence-electron chi connectivity index (χ1n) is 10.4. The number of hydrogen-bond acceptors (Lipinski definition) is 6. The molecule has 0 bridgehead atoms. The van der Waals surface area contributed by atoms with Gasteiger partial charge >= 0.3 is 6.03 Å². The second-order valence-corrected chi connectivity index (χ2v) is 7.75. The van der Waals surface area contributed by atoms with Crippen molar-refractivity contribution in [2.45, 2.75) is 26.6 Å². The molecule has 1 aromatic heterocycles. The highest BCUT2D eigenvalue weighted by atomic mass is 16.5. The van der Waals surface area contributed by atoms with Crippen LogP contribution in [-0.4, -0.2) is 42.2 Å². The molecule has 8 nitrogen and oxygen atoms in total. The first-order valence-corrected chi connectivity index (χ1v) is 10.4. The Morgan fingerprint density at radius 1 is 1.00 bits per heavy atom. The van der Waals surface area contributed by atoms with E-state index < -0.39 is 0 Å². The highest BCUT2D eigenvalue weighted by Crippen LogP contribution is 2.30. The molecule has 0 fully saturated rings. The van der Waals surface area contributed by atoms with E-state index in [0.29, 0.717) is 37.0 Å². The minimum atomic E-state index is -0.0716. The predicted molar refractivity (Wildman–Crippen MR) is 123 cm³/mol. The minimum absolute atomic E-state index is 0.0716. The molecule has 3 aromatic rings. The van der Waals surface area contributed by atoms with E-state index in [1.807, 2.05) is 49.4 Å². The number of nitrogens with zero attached hydrogens (tertiary/aromatic N) is 4. The standard InChI is InChI=1S/C24H27N5O3/c1-16-5-8-18(9-6-16)29-13-19-20(14-28(2)24(29)30)26-15-27-23(19)25-12-17-7-10-21(31-3)22(11-17)32-4/h5-11,15H,12-14H2,1-4H3,(H,25,26,27). The quantitative estimate of drug-likeness (QED) is 0.633. The summed E-state index contributed by atoms with van der Waals surface area (Å²) in [5.41, 5.74) is 4.75. The zero-order valence-electron chi connectivity index (χ0n) is 18.8. The third-order valence-corrected chi connectivity index (χ3v) is 5.55. The summed E-state index contributed by atoms with van der Waals surface area (Å²) in [5.74, 6) is 2.07. The van der Waals surface area contributed by atoms with Crippen LogP contribution in [0.3, 0.4) is 0 Å². The number of benzene rings is 2. The second kappa shape index (κ2) is 9.13. The summed E-state index contributed by atoms with van der Waals surface area (Å²) in [6, 6.07) is 13.7. The van der Waals surface area contributed by atoms with Crippen molar-refractivity contribution in [3.05, 3.63) is 71.2 Å². The van der Waals surface area contributed by atoms with Crippen LogP contribution in [0.2, 0.25) is 0 Å². The number of aryl methyl sites for hydroxylation is 1. The van der Waals surface area contributed by atoms with Crippen molar-refractivity contribution < 1.29 is 14.3 Å². The molecule has 4 rings (SSSR count). The molecular weight excluding hydrogens is 406 g/mol. The number of hydrogen-bond donors (Lipinski definition) is 1. The summed E-state index contributed by atoms with van der Waals surface area (Å²) < 4.78 is 10.7. The first kappa shape index (κ1) is 21.4. The van der Waals surface area contributed by atoms with E-state index in [-0.39, 0.29) is 6.03 Å². The van der Waals surface area contributed by atoms with E-state index >= 15 is 0 Å². The average molecular weight is 434 g/mol. The van der Waals surface area contributed by atoms with Gasteiger partial charge in [0, 0.05) is 24.8 Å². The lowest BCUT2D eigenvalue weighted by atomic mass is 10.1. The summed E-state index contributed by atoms with van der Waals surface area (Å²) >= 11 is 0. The fourth-order valence-corrected chi connectivity index (χ4v) is 3.73. The number of carbonyl (C=O) groups is 1. The summed E-state index contributed by atoms with van der Waals surface area (Å²) in [5, 5.41) is 3.41. The third-order valence-electron chi connectivity index (χ3n) is 5.55. The van der Waals surface area contributed by atoms with Gasteiger partial charge in [0.25, 0.3) is 0 Å². The Labute approximate surface area is 187 Å². The van der Waals surface area contributed by atoms with Gasteiger partial charge in [-0.3, -0.25) is 4.90 Å². The number of aromatic nitrogens is 2. The van der Waals surface area contributed by atoms with Crippen molar-refractivity contribution in [3.63, 3.8) is 0 Å². The monoisotopic (exact) mass is 433 g/mol. The summed E-state index contributed by atoms with van der Waals surface area (Å²) in [4.78, 5) is 25.5. The maximum atomic E-state index is 13.1. The summed E-state index contributed by atoms with van der Waals surface area (Å²) in [7, 11) is 5.02. The Hall–Kier alpha value is -3.81. The van der Waals surface area contributed by atoms with Gasteiger partial charge in [-0.05, 0) is 36.8 Å². The Morgan fingerprint density at radius 3 is 2.47 bits per heavy atom. The van der Waals surface area contributed by atoms with Crippen molar-refractivity contribution in [3.8, 4) is 11.5 Å². The van der Waals surface area contributed by atoms with Gasteiger partial charge in [-0.2, -0.15) is 0 Å². The Balaban J connectivity index is 1.62. The van der Waals surface area contributed by atoms with E-state index in [2.05, 4.69) is 15.3 Å². The van der Waals surface area contributed by atoms with Crippen LogP contribution in [-0.2, 0) is 19.6 Å². The molecule has 166 valence electrons. The van der Waals surface area contributed by atoms with Crippen LogP contribution in [0.25, 0.3) is 0 Å². The highest BCUT2D eigenvalue weighted by Gasteiger charge is 2.28. The average Bonchev–Trinajstić information content (AvgIpc) is 2.94. The molecule has 2 heterocycles. The highest BCUT2D eigenvalue weighted by molar-refractivity contribution is 5.92. The van der Waals surface area contributed by atoms with Crippen molar-refractivity contribution >= 4 is 17.5 Å². The minimum Gasteiger partial charge on any atom is -0.493 e.